The van der Waals surface area contributed by atoms with Crippen LogP contribution in [0.15, 0.2) is 59.5 Å². The zero-order valence-corrected chi connectivity index (χ0v) is 16.0. The van der Waals surface area contributed by atoms with Gasteiger partial charge in [0.25, 0.3) is 15.7 Å². The van der Waals surface area contributed by atoms with Crippen molar-refractivity contribution >= 4 is 27.3 Å². The minimum atomic E-state index is -4.32. The third-order valence-corrected chi connectivity index (χ3v) is 6.48. The van der Waals surface area contributed by atoms with Crippen LogP contribution in [-0.4, -0.2) is 43.8 Å². The first-order valence-electron chi connectivity index (χ1n) is 9.00. The molecule has 3 rings (SSSR count). The van der Waals surface area contributed by atoms with Gasteiger partial charge in [0.15, 0.2) is 4.90 Å². The number of carbonyl (C=O) groups excluding carboxylic acids is 1. The molecule has 1 heterocycles. The highest BCUT2D eigenvalue weighted by Gasteiger charge is 2.34. The first-order valence-corrected chi connectivity index (χ1v) is 10.4. The fourth-order valence-corrected chi connectivity index (χ4v) is 4.79. The molecule has 1 aliphatic rings. The summed E-state index contributed by atoms with van der Waals surface area (Å²) in [6.07, 6.45) is 2.81. The van der Waals surface area contributed by atoms with Gasteiger partial charge in [-0.05, 0) is 37.5 Å². The van der Waals surface area contributed by atoms with Gasteiger partial charge in [0.2, 0.25) is 5.91 Å². The number of rotatable bonds is 6. The molecule has 8 nitrogen and oxygen atoms in total. The predicted molar refractivity (Wildman–Crippen MR) is 105 cm³/mol. The monoisotopic (exact) mass is 403 g/mol. The van der Waals surface area contributed by atoms with Gasteiger partial charge in [0.1, 0.15) is 6.54 Å². The van der Waals surface area contributed by atoms with Crippen molar-refractivity contribution in [3.63, 3.8) is 0 Å². The molecule has 0 aromatic heterocycles. The number of carbonyl (C=O) groups is 1. The van der Waals surface area contributed by atoms with Crippen LogP contribution in [0.4, 0.5) is 11.4 Å². The van der Waals surface area contributed by atoms with Crippen LogP contribution >= 0.6 is 0 Å². The van der Waals surface area contributed by atoms with Crippen LogP contribution < -0.4 is 4.31 Å². The van der Waals surface area contributed by atoms with E-state index in [2.05, 4.69) is 0 Å². The minimum absolute atomic E-state index is 0.283. The standard InChI is InChI=1S/C19H21N3O5S/c23-19(20-13-7-2-8-14-20)15-21(16-9-3-1-4-10-16)28(26,27)18-12-6-5-11-17(18)22(24)25/h1,3-6,9-12H,2,7-8,13-15H2. The van der Waals surface area contributed by atoms with E-state index in [1.54, 1.807) is 35.2 Å². The number of piperidine rings is 1. The second-order valence-electron chi connectivity index (χ2n) is 6.51. The third-order valence-electron chi connectivity index (χ3n) is 4.66. The first-order chi connectivity index (χ1) is 13.4. The third kappa shape index (κ3) is 4.14. The molecule has 2 aromatic carbocycles. The van der Waals surface area contributed by atoms with Crippen molar-refractivity contribution in [2.24, 2.45) is 0 Å². The number of nitro benzene ring substituents is 1. The summed E-state index contributed by atoms with van der Waals surface area (Å²) >= 11 is 0. The molecule has 148 valence electrons. The van der Waals surface area contributed by atoms with Crippen LogP contribution in [0.2, 0.25) is 0 Å². The zero-order valence-electron chi connectivity index (χ0n) is 15.2. The molecule has 1 amide bonds. The van der Waals surface area contributed by atoms with Crippen molar-refractivity contribution in [3.8, 4) is 0 Å². The lowest BCUT2D eigenvalue weighted by molar-refractivity contribution is -0.387. The van der Waals surface area contributed by atoms with E-state index in [1.165, 1.54) is 18.2 Å². The molecule has 0 N–H and O–H groups in total. The normalized spacial score (nSPS) is 14.5. The van der Waals surface area contributed by atoms with Gasteiger partial charge in [-0.3, -0.25) is 19.2 Å². The van der Waals surface area contributed by atoms with Crippen molar-refractivity contribution < 1.29 is 18.1 Å². The summed E-state index contributed by atoms with van der Waals surface area (Å²) in [6, 6.07) is 13.3. The Hall–Kier alpha value is -2.94. The second kappa shape index (κ2) is 8.39. The van der Waals surface area contributed by atoms with E-state index < -0.39 is 32.1 Å². The molecular formula is C19H21N3O5S. The molecule has 1 fully saturated rings. The average Bonchev–Trinajstić information content (AvgIpc) is 2.73. The smallest absolute Gasteiger partial charge is 0.289 e. The molecule has 0 atom stereocenters. The van der Waals surface area contributed by atoms with Crippen LogP contribution in [0.25, 0.3) is 0 Å². The summed E-state index contributed by atoms with van der Waals surface area (Å²) in [7, 11) is -4.32. The quantitative estimate of drug-likeness (QED) is 0.545. The summed E-state index contributed by atoms with van der Waals surface area (Å²) < 4.78 is 27.6. The first kappa shape index (κ1) is 19.8. The molecule has 0 aliphatic carbocycles. The molecule has 0 bridgehead atoms. The van der Waals surface area contributed by atoms with E-state index in [9.17, 15) is 23.3 Å². The molecule has 1 aliphatic heterocycles. The number of benzene rings is 2. The Balaban J connectivity index is 2.01. The van der Waals surface area contributed by atoms with Crippen molar-refractivity contribution in [1.29, 1.82) is 0 Å². The molecule has 28 heavy (non-hydrogen) atoms. The second-order valence-corrected chi connectivity index (χ2v) is 8.34. The van der Waals surface area contributed by atoms with E-state index in [-0.39, 0.29) is 11.6 Å². The van der Waals surface area contributed by atoms with E-state index in [0.717, 1.165) is 29.6 Å². The summed E-state index contributed by atoms with van der Waals surface area (Å²) in [4.78, 5) is 24.6. The van der Waals surface area contributed by atoms with Gasteiger partial charge in [-0.15, -0.1) is 0 Å². The summed E-state index contributed by atoms with van der Waals surface area (Å²) in [6.45, 7) is 0.776. The van der Waals surface area contributed by atoms with E-state index in [4.69, 9.17) is 0 Å². The van der Waals surface area contributed by atoms with E-state index in [1.807, 2.05) is 0 Å². The number of para-hydroxylation sites is 2. The van der Waals surface area contributed by atoms with Crippen LogP contribution in [0.1, 0.15) is 19.3 Å². The van der Waals surface area contributed by atoms with Gasteiger partial charge in [0.05, 0.1) is 10.6 Å². The van der Waals surface area contributed by atoms with Crippen molar-refractivity contribution in [2.75, 3.05) is 23.9 Å². The van der Waals surface area contributed by atoms with Gasteiger partial charge in [-0.1, -0.05) is 30.3 Å². The summed E-state index contributed by atoms with van der Waals surface area (Å²) in [5, 5.41) is 11.3. The number of hydrogen-bond acceptors (Lipinski definition) is 5. The molecule has 9 heteroatoms. The van der Waals surface area contributed by atoms with Crippen LogP contribution in [0.5, 0.6) is 0 Å². The lowest BCUT2D eigenvalue weighted by Gasteiger charge is -2.30. The van der Waals surface area contributed by atoms with Crippen molar-refractivity contribution in [1.82, 2.24) is 4.90 Å². The number of amides is 1. The Morgan fingerprint density at radius 1 is 1.00 bits per heavy atom. The fraction of sp³-hybridized carbons (Fsp3) is 0.316. The Labute approximate surface area is 163 Å². The van der Waals surface area contributed by atoms with E-state index >= 15 is 0 Å². The zero-order chi connectivity index (χ0) is 20.1. The topological polar surface area (TPSA) is 101 Å². The molecular weight excluding hydrogens is 382 g/mol. The number of anilines is 1. The van der Waals surface area contributed by atoms with E-state index in [0.29, 0.717) is 13.1 Å². The van der Waals surface area contributed by atoms with Crippen LogP contribution in [0, 0.1) is 10.1 Å². The van der Waals surface area contributed by atoms with Gasteiger partial charge in [-0.2, -0.15) is 0 Å². The van der Waals surface area contributed by atoms with Crippen LogP contribution in [-0.2, 0) is 14.8 Å². The van der Waals surface area contributed by atoms with Crippen molar-refractivity contribution in [3.05, 3.63) is 64.7 Å². The molecule has 2 aromatic rings. The van der Waals surface area contributed by atoms with Crippen LogP contribution in [0.3, 0.4) is 0 Å². The molecule has 0 radical (unpaired) electrons. The Bertz CT molecular complexity index is 957. The minimum Gasteiger partial charge on any atom is -0.341 e. The van der Waals surface area contributed by atoms with Gasteiger partial charge < -0.3 is 4.90 Å². The highest BCUT2D eigenvalue weighted by molar-refractivity contribution is 7.93. The Morgan fingerprint density at radius 3 is 2.25 bits per heavy atom. The number of nitrogens with zero attached hydrogens (tertiary/aromatic N) is 3. The highest BCUT2D eigenvalue weighted by atomic mass is 32.2. The number of nitro groups is 1. The van der Waals surface area contributed by atoms with Gasteiger partial charge >= 0.3 is 0 Å². The lowest BCUT2D eigenvalue weighted by Crippen LogP contribution is -2.45. The predicted octanol–water partition coefficient (Wildman–Crippen LogP) is 2.80. The summed E-state index contributed by atoms with van der Waals surface area (Å²) in [5.41, 5.74) is -0.236. The lowest BCUT2D eigenvalue weighted by atomic mass is 10.1. The maximum atomic E-state index is 13.3. The Morgan fingerprint density at radius 2 is 1.61 bits per heavy atom. The number of sulfonamides is 1. The molecule has 0 spiro atoms. The fourth-order valence-electron chi connectivity index (χ4n) is 3.22. The average molecular weight is 403 g/mol. The number of hydrogen-bond donors (Lipinski definition) is 0. The SMILES string of the molecule is O=C(CN(c1ccccc1)S(=O)(=O)c1ccccc1[N+](=O)[O-])N1CCCCC1. The summed E-state index contributed by atoms with van der Waals surface area (Å²) in [5.74, 6) is -0.314. The molecule has 1 saturated heterocycles. The highest BCUT2D eigenvalue weighted by Crippen LogP contribution is 2.29. The largest absolute Gasteiger partial charge is 0.341 e. The maximum absolute atomic E-state index is 13.3. The maximum Gasteiger partial charge on any atom is 0.289 e. The molecule has 0 saturated carbocycles. The molecule has 0 unspecified atom stereocenters. The Kier molecular flexibility index (Phi) is 5.93. The van der Waals surface area contributed by atoms with Crippen molar-refractivity contribution in [2.45, 2.75) is 24.2 Å². The van der Waals surface area contributed by atoms with Gasteiger partial charge in [0, 0.05) is 19.2 Å². The van der Waals surface area contributed by atoms with Gasteiger partial charge in [-0.25, -0.2) is 8.42 Å². The number of likely N-dealkylation sites (tertiary alicyclic amines) is 1.